The molecule has 0 amide bonds. The van der Waals surface area contributed by atoms with Gasteiger partial charge in [0.05, 0.1) is 0 Å². The van der Waals surface area contributed by atoms with Gasteiger partial charge in [0.25, 0.3) is 0 Å². The van der Waals surface area contributed by atoms with Crippen molar-refractivity contribution in [1.82, 2.24) is 4.90 Å². The highest BCUT2D eigenvalue weighted by Gasteiger charge is 2.24. The fourth-order valence-electron chi connectivity index (χ4n) is 2.47. The van der Waals surface area contributed by atoms with Crippen molar-refractivity contribution in [3.63, 3.8) is 0 Å². The predicted octanol–water partition coefficient (Wildman–Crippen LogP) is 3.91. The molecular weight excluding hydrogens is 309 g/mol. The number of nitrogens with zero attached hydrogens (tertiary/aromatic N) is 1. The van der Waals surface area contributed by atoms with E-state index in [1.165, 1.54) is 28.5 Å². The van der Waals surface area contributed by atoms with Crippen LogP contribution in [0.25, 0.3) is 0 Å². The Kier molecular flexibility index (Phi) is 4.25. The van der Waals surface area contributed by atoms with E-state index >= 15 is 0 Å². The molecule has 0 saturated carbocycles. The Morgan fingerprint density at radius 1 is 1.25 bits per heavy atom. The van der Waals surface area contributed by atoms with Crippen LogP contribution in [-0.2, 0) is 6.54 Å². The zero-order valence-corrected chi connectivity index (χ0v) is 12.3. The van der Waals surface area contributed by atoms with E-state index in [1.54, 1.807) is 0 Å². The number of halogens is 1. The summed E-state index contributed by atoms with van der Waals surface area (Å²) < 4.78 is 1.32. The lowest BCUT2D eigenvalue weighted by Crippen LogP contribution is -2.41. The van der Waals surface area contributed by atoms with Crippen LogP contribution in [0.1, 0.15) is 32.3 Å². The molecule has 0 aromatic heterocycles. The molecular formula is C14H20IN. The second-order valence-electron chi connectivity index (χ2n) is 4.96. The fourth-order valence-corrected chi connectivity index (χ4v) is 2.83. The molecule has 16 heavy (non-hydrogen) atoms. The average molecular weight is 329 g/mol. The molecule has 1 aliphatic heterocycles. The van der Waals surface area contributed by atoms with Gasteiger partial charge in [0.15, 0.2) is 0 Å². The molecule has 0 bridgehead atoms. The summed E-state index contributed by atoms with van der Waals surface area (Å²) in [4.78, 5) is 2.62. The molecule has 2 atom stereocenters. The first-order chi connectivity index (χ1) is 7.66. The number of benzene rings is 1. The number of rotatable bonds is 2. The van der Waals surface area contributed by atoms with Crippen LogP contribution in [0, 0.1) is 9.49 Å². The molecule has 1 aromatic carbocycles. The topological polar surface area (TPSA) is 3.24 Å². The summed E-state index contributed by atoms with van der Waals surface area (Å²) >= 11 is 2.36. The maximum atomic E-state index is 2.62. The van der Waals surface area contributed by atoms with Gasteiger partial charge in [-0.05, 0) is 72.5 Å². The third-order valence-electron chi connectivity index (χ3n) is 3.80. The standard InChI is InChI=1S/C14H20IN/c1-11-4-3-9-16(12(11)2)10-13-5-7-14(15)8-6-13/h5-8,11-12H,3-4,9-10H2,1-2H3. The highest BCUT2D eigenvalue weighted by Crippen LogP contribution is 2.24. The van der Waals surface area contributed by atoms with Crippen molar-refractivity contribution < 1.29 is 0 Å². The van der Waals surface area contributed by atoms with Crippen LogP contribution in [0.4, 0.5) is 0 Å². The van der Waals surface area contributed by atoms with Crippen LogP contribution >= 0.6 is 22.6 Å². The van der Waals surface area contributed by atoms with Gasteiger partial charge in [-0.15, -0.1) is 0 Å². The molecule has 1 fully saturated rings. The van der Waals surface area contributed by atoms with Crippen molar-refractivity contribution in [2.24, 2.45) is 5.92 Å². The summed E-state index contributed by atoms with van der Waals surface area (Å²) in [6.07, 6.45) is 2.75. The highest BCUT2D eigenvalue weighted by atomic mass is 127. The van der Waals surface area contributed by atoms with Gasteiger partial charge in [-0.1, -0.05) is 19.1 Å². The lowest BCUT2D eigenvalue weighted by molar-refractivity contribution is 0.106. The van der Waals surface area contributed by atoms with Crippen LogP contribution in [0.3, 0.4) is 0 Å². The maximum absolute atomic E-state index is 2.62. The van der Waals surface area contributed by atoms with Gasteiger partial charge in [0, 0.05) is 16.2 Å². The number of hydrogen-bond donors (Lipinski definition) is 0. The van der Waals surface area contributed by atoms with Crippen LogP contribution in [0.2, 0.25) is 0 Å². The Morgan fingerprint density at radius 3 is 2.62 bits per heavy atom. The lowest BCUT2D eigenvalue weighted by atomic mass is 9.92. The molecule has 0 radical (unpaired) electrons. The molecule has 0 N–H and O–H groups in total. The number of piperidine rings is 1. The van der Waals surface area contributed by atoms with E-state index in [-0.39, 0.29) is 0 Å². The SMILES string of the molecule is CC1CCCN(Cc2ccc(I)cc2)C1C. The first kappa shape index (κ1) is 12.4. The van der Waals surface area contributed by atoms with Gasteiger partial charge in [0.1, 0.15) is 0 Å². The molecule has 1 aliphatic rings. The van der Waals surface area contributed by atoms with Crippen molar-refractivity contribution >= 4 is 22.6 Å². The van der Waals surface area contributed by atoms with Crippen molar-refractivity contribution in [2.45, 2.75) is 39.3 Å². The minimum atomic E-state index is 0.730. The van der Waals surface area contributed by atoms with Crippen molar-refractivity contribution in [3.05, 3.63) is 33.4 Å². The van der Waals surface area contributed by atoms with Crippen molar-refractivity contribution in [3.8, 4) is 0 Å². The second kappa shape index (κ2) is 5.50. The van der Waals surface area contributed by atoms with E-state index in [0.29, 0.717) is 0 Å². The summed E-state index contributed by atoms with van der Waals surface area (Å²) in [5.74, 6) is 0.845. The molecule has 0 aliphatic carbocycles. The molecule has 1 heterocycles. The Bertz CT molecular complexity index is 333. The molecule has 2 rings (SSSR count). The third kappa shape index (κ3) is 2.98. The van der Waals surface area contributed by atoms with E-state index < -0.39 is 0 Å². The summed E-state index contributed by atoms with van der Waals surface area (Å²) in [5.41, 5.74) is 1.45. The Hall–Kier alpha value is -0.0900. The van der Waals surface area contributed by atoms with E-state index in [0.717, 1.165) is 18.5 Å². The van der Waals surface area contributed by atoms with Gasteiger partial charge in [-0.2, -0.15) is 0 Å². The summed E-state index contributed by atoms with van der Waals surface area (Å²) in [7, 11) is 0. The largest absolute Gasteiger partial charge is 0.296 e. The minimum absolute atomic E-state index is 0.730. The fraction of sp³-hybridized carbons (Fsp3) is 0.571. The highest BCUT2D eigenvalue weighted by molar-refractivity contribution is 14.1. The molecule has 1 aromatic rings. The molecule has 2 unspecified atom stereocenters. The molecule has 0 spiro atoms. The number of hydrogen-bond acceptors (Lipinski definition) is 1. The van der Waals surface area contributed by atoms with Gasteiger partial charge in [-0.25, -0.2) is 0 Å². The van der Waals surface area contributed by atoms with Gasteiger partial charge in [0.2, 0.25) is 0 Å². The summed E-state index contributed by atoms with van der Waals surface area (Å²) in [5, 5.41) is 0. The van der Waals surface area contributed by atoms with Crippen molar-refractivity contribution in [1.29, 1.82) is 0 Å². The van der Waals surface area contributed by atoms with E-state index in [4.69, 9.17) is 0 Å². The Morgan fingerprint density at radius 2 is 1.94 bits per heavy atom. The average Bonchev–Trinajstić information content (AvgIpc) is 2.28. The monoisotopic (exact) mass is 329 g/mol. The normalized spacial score (nSPS) is 26.9. The van der Waals surface area contributed by atoms with Gasteiger partial charge in [-0.3, -0.25) is 4.90 Å². The molecule has 1 nitrogen and oxygen atoms in total. The van der Waals surface area contributed by atoms with Crippen LogP contribution in [-0.4, -0.2) is 17.5 Å². The number of likely N-dealkylation sites (tertiary alicyclic amines) is 1. The lowest BCUT2D eigenvalue weighted by Gasteiger charge is -2.38. The zero-order valence-electron chi connectivity index (χ0n) is 10.1. The molecule has 2 heteroatoms. The Balaban J connectivity index is 2.00. The van der Waals surface area contributed by atoms with E-state index in [2.05, 4.69) is 65.6 Å². The first-order valence-corrected chi connectivity index (χ1v) is 7.23. The van der Waals surface area contributed by atoms with Gasteiger partial charge < -0.3 is 0 Å². The van der Waals surface area contributed by atoms with Crippen LogP contribution in [0.15, 0.2) is 24.3 Å². The first-order valence-electron chi connectivity index (χ1n) is 6.15. The van der Waals surface area contributed by atoms with Gasteiger partial charge >= 0.3 is 0 Å². The molecule has 1 saturated heterocycles. The Labute approximate surface area is 112 Å². The third-order valence-corrected chi connectivity index (χ3v) is 4.52. The van der Waals surface area contributed by atoms with Crippen molar-refractivity contribution in [2.75, 3.05) is 6.54 Å². The maximum Gasteiger partial charge on any atom is 0.0236 e. The molecule has 88 valence electrons. The predicted molar refractivity (Wildman–Crippen MR) is 77.4 cm³/mol. The van der Waals surface area contributed by atoms with E-state index in [1.807, 2.05) is 0 Å². The smallest absolute Gasteiger partial charge is 0.0236 e. The minimum Gasteiger partial charge on any atom is -0.296 e. The summed E-state index contributed by atoms with van der Waals surface area (Å²) in [6.45, 7) is 7.13. The van der Waals surface area contributed by atoms with E-state index in [9.17, 15) is 0 Å². The quantitative estimate of drug-likeness (QED) is 0.744. The van der Waals surface area contributed by atoms with Crippen LogP contribution in [0.5, 0.6) is 0 Å². The zero-order chi connectivity index (χ0) is 11.5. The summed E-state index contributed by atoms with van der Waals surface area (Å²) in [6, 6.07) is 9.65. The van der Waals surface area contributed by atoms with Crippen LogP contribution < -0.4 is 0 Å². The second-order valence-corrected chi connectivity index (χ2v) is 6.20.